The average Bonchev–Trinajstić information content (AvgIpc) is 2.27. The van der Waals surface area contributed by atoms with Crippen LogP contribution in [0.1, 0.15) is 39.5 Å². The predicted molar refractivity (Wildman–Crippen MR) is 67.5 cm³/mol. The molecule has 1 rings (SSSR count). The van der Waals surface area contributed by atoms with Crippen LogP contribution in [0.4, 0.5) is 13.2 Å². The average molecular weight is 330 g/mol. The molecule has 0 radical (unpaired) electrons. The highest BCUT2D eigenvalue weighted by atomic mass is 79.9. The van der Waals surface area contributed by atoms with Crippen molar-refractivity contribution >= 4 is 21.8 Å². The Morgan fingerprint density at radius 1 is 1.28 bits per heavy atom. The quantitative estimate of drug-likeness (QED) is 0.787. The maximum absolute atomic E-state index is 12.9. The monoisotopic (exact) mass is 329 g/mol. The minimum absolute atomic E-state index is 0.0658. The van der Waals surface area contributed by atoms with Crippen molar-refractivity contribution in [1.82, 2.24) is 5.32 Å². The summed E-state index contributed by atoms with van der Waals surface area (Å²) >= 11 is 3.24. The lowest BCUT2D eigenvalue weighted by Crippen LogP contribution is -2.50. The molecule has 106 valence electrons. The first-order valence-electron chi connectivity index (χ1n) is 6.12. The second-order valence-corrected chi connectivity index (χ2v) is 6.11. The first kappa shape index (κ1) is 15.8. The highest BCUT2D eigenvalue weighted by Gasteiger charge is 2.48. The molecule has 0 aromatic heterocycles. The Kier molecular flexibility index (Phi) is 5.09. The molecular weight excluding hydrogens is 311 g/mol. The molecule has 0 aromatic carbocycles. The Balaban J connectivity index is 2.75. The lowest BCUT2D eigenvalue weighted by molar-refractivity contribution is -0.198. The molecule has 18 heavy (non-hydrogen) atoms. The summed E-state index contributed by atoms with van der Waals surface area (Å²) in [6.45, 7) is 3.57. The summed E-state index contributed by atoms with van der Waals surface area (Å²) in [5.74, 6) is -2.89. The van der Waals surface area contributed by atoms with E-state index in [1.165, 1.54) is 0 Å². The van der Waals surface area contributed by atoms with E-state index < -0.39 is 29.5 Å². The van der Waals surface area contributed by atoms with Gasteiger partial charge in [-0.25, -0.2) is 0 Å². The van der Waals surface area contributed by atoms with E-state index in [0.29, 0.717) is 24.6 Å². The molecule has 2 unspecified atom stereocenters. The van der Waals surface area contributed by atoms with Crippen molar-refractivity contribution in [3.8, 4) is 0 Å². The van der Waals surface area contributed by atoms with Gasteiger partial charge in [0.1, 0.15) is 0 Å². The van der Waals surface area contributed by atoms with Gasteiger partial charge in [0.2, 0.25) is 5.91 Å². The summed E-state index contributed by atoms with van der Waals surface area (Å²) in [6, 6.07) is 0. The van der Waals surface area contributed by atoms with Gasteiger partial charge in [0.25, 0.3) is 0 Å². The Labute approximate surface area is 114 Å². The van der Waals surface area contributed by atoms with Crippen molar-refractivity contribution in [1.29, 1.82) is 0 Å². The first-order valence-corrected chi connectivity index (χ1v) is 7.24. The van der Waals surface area contributed by atoms with E-state index in [9.17, 15) is 18.0 Å². The third kappa shape index (κ3) is 4.14. The lowest BCUT2D eigenvalue weighted by atomic mass is 9.78. The van der Waals surface area contributed by atoms with Crippen LogP contribution in [0, 0.1) is 11.8 Å². The number of rotatable bonds is 3. The third-order valence-electron chi connectivity index (χ3n) is 3.32. The fraction of sp³-hybridized carbons (Fsp3) is 0.917. The van der Waals surface area contributed by atoms with Crippen molar-refractivity contribution in [3.05, 3.63) is 0 Å². The van der Waals surface area contributed by atoms with Crippen LogP contribution in [0.15, 0.2) is 0 Å². The number of hydrogen-bond acceptors (Lipinski definition) is 1. The van der Waals surface area contributed by atoms with Crippen LogP contribution < -0.4 is 5.32 Å². The van der Waals surface area contributed by atoms with Gasteiger partial charge in [-0.1, -0.05) is 28.8 Å². The summed E-state index contributed by atoms with van der Waals surface area (Å²) in [5.41, 5.74) is -0.523. The maximum Gasteiger partial charge on any atom is 0.392 e. The molecule has 1 saturated carbocycles. The summed E-state index contributed by atoms with van der Waals surface area (Å²) in [6.07, 6.45) is -2.64. The first-order chi connectivity index (χ1) is 8.17. The summed E-state index contributed by atoms with van der Waals surface area (Å²) < 4.78 is 38.6. The normalized spacial score (nSPS) is 25.9. The number of halogens is 4. The van der Waals surface area contributed by atoms with Crippen LogP contribution >= 0.6 is 15.9 Å². The van der Waals surface area contributed by atoms with Crippen molar-refractivity contribution in [2.45, 2.75) is 51.2 Å². The molecule has 0 heterocycles. The van der Waals surface area contributed by atoms with Gasteiger partial charge >= 0.3 is 6.18 Å². The van der Waals surface area contributed by atoms with E-state index in [2.05, 4.69) is 21.2 Å². The zero-order chi connectivity index (χ0) is 14.0. The Hall–Kier alpha value is -0.260. The van der Waals surface area contributed by atoms with Gasteiger partial charge in [0, 0.05) is 16.8 Å². The molecule has 6 heteroatoms. The predicted octanol–water partition coefficient (Wildman–Crippen LogP) is 3.64. The molecule has 1 fully saturated rings. The van der Waals surface area contributed by atoms with E-state index in [1.807, 2.05) is 0 Å². The number of hydrogen-bond donors (Lipinski definition) is 1. The van der Waals surface area contributed by atoms with Crippen molar-refractivity contribution in [2.24, 2.45) is 11.8 Å². The zero-order valence-corrected chi connectivity index (χ0v) is 12.2. The number of alkyl halides is 4. The van der Waals surface area contributed by atoms with Crippen LogP contribution in [0.5, 0.6) is 0 Å². The summed E-state index contributed by atoms with van der Waals surface area (Å²) in [5, 5.41) is 3.20. The third-order valence-corrected chi connectivity index (χ3v) is 4.72. The van der Waals surface area contributed by atoms with Gasteiger partial charge in [0.15, 0.2) is 0 Å². The number of amides is 1. The molecule has 2 atom stereocenters. The number of carbonyl (C=O) groups is 1. The lowest BCUT2D eigenvalue weighted by Gasteiger charge is -2.34. The SMILES string of the molecule is CC(C)(CBr)NC(=O)C1CCCCC1C(F)(F)F. The Morgan fingerprint density at radius 3 is 2.33 bits per heavy atom. The Morgan fingerprint density at radius 2 is 1.83 bits per heavy atom. The van der Waals surface area contributed by atoms with Gasteiger partial charge in [0.05, 0.1) is 5.92 Å². The van der Waals surface area contributed by atoms with Gasteiger partial charge in [-0.05, 0) is 26.7 Å². The summed E-state index contributed by atoms with van der Waals surface area (Å²) in [7, 11) is 0. The molecule has 1 N–H and O–H groups in total. The van der Waals surface area contributed by atoms with E-state index in [1.54, 1.807) is 13.8 Å². The molecule has 0 spiro atoms. The van der Waals surface area contributed by atoms with E-state index in [0.717, 1.165) is 0 Å². The van der Waals surface area contributed by atoms with E-state index >= 15 is 0 Å². The molecule has 0 aliphatic heterocycles. The minimum Gasteiger partial charge on any atom is -0.350 e. The van der Waals surface area contributed by atoms with Crippen molar-refractivity contribution in [2.75, 3.05) is 5.33 Å². The highest BCUT2D eigenvalue weighted by molar-refractivity contribution is 9.09. The van der Waals surface area contributed by atoms with Crippen molar-refractivity contribution in [3.63, 3.8) is 0 Å². The van der Waals surface area contributed by atoms with Crippen molar-refractivity contribution < 1.29 is 18.0 Å². The molecule has 0 bridgehead atoms. The molecule has 1 aliphatic rings. The van der Waals surface area contributed by atoms with Crippen LogP contribution in [-0.4, -0.2) is 23.0 Å². The fourth-order valence-corrected chi connectivity index (χ4v) is 2.44. The second-order valence-electron chi connectivity index (χ2n) is 5.55. The zero-order valence-electron chi connectivity index (χ0n) is 10.6. The van der Waals surface area contributed by atoms with Crippen LogP contribution in [0.2, 0.25) is 0 Å². The molecule has 0 aromatic rings. The smallest absolute Gasteiger partial charge is 0.350 e. The highest BCUT2D eigenvalue weighted by Crippen LogP contribution is 2.41. The van der Waals surface area contributed by atoms with E-state index in [4.69, 9.17) is 0 Å². The van der Waals surface area contributed by atoms with Gasteiger partial charge < -0.3 is 5.32 Å². The number of nitrogens with one attached hydrogen (secondary N) is 1. The molecule has 1 aliphatic carbocycles. The van der Waals surface area contributed by atoms with Gasteiger partial charge in [-0.3, -0.25) is 4.79 Å². The van der Waals surface area contributed by atoms with Gasteiger partial charge in [-0.15, -0.1) is 0 Å². The second kappa shape index (κ2) is 5.80. The van der Waals surface area contributed by atoms with E-state index in [-0.39, 0.29) is 6.42 Å². The molecule has 1 amide bonds. The largest absolute Gasteiger partial charge is 0.392 e. The molecule has 2 nitrogen and oxygen atoms in total. The van der Waals surface area contributed by atoms with Crippen LogP contribution in [0.3, 0.4) is 0 Å². The molecular formula is C12H19BrF3NO. The van der Waals surface area contributed by atoms with Crippen LogP contribution in [-0.2, 0) is 4.79 Å². The minimum atomic E-state index is -4.28. The fourth-order valence-electron chi connectivity index (χ4n) is 2.30. The summed E-state index contributed by atoms with van der Waals surface area (Å²) in [4.78, 5) is 12.0. The standard InChI is InChI=1S/C12H19BrF3NO/c1-11(2,7-13)17-10(18)8-5-3-4-6-9(8)12(14,15)16/h8-9H,3-7H2,1-2H3,(H,17,18). The number of carbonyl (C=O) groups excluding carboxylic acids is 1. The topological polar surface area (TPSA) is 29.1 Å². The Bertz CT molecular complexity index is 304. The molecule has 0 saturated heterocycles. The van der Waals surface area contributed by atoms with Crippen LogP contribution in [0.25, 0.3) is 0 Å². The van der Waals surface area contributed by atoms with Gasteiger partial charge in [-0.2, -0.15) is 13.2 Å². The maximum atomic E-state index is 12.9.